The molecule has 1 aromatic heterocycles. The second-order valence-electron chi connectivity index (χ2n) is 3.69. The third-order valence-corrected chi connectivity index (χ3v) is 2.73. The van der Waals surface area contributed by atoms with Crippen LogP contribution in [0.3, 0.4) is 0 Å². The minimum Gasteiger partial charge on any atom is -0.437 e. The maximum atomic E-state index is 11.2. The minimum absolute atomic E-state index is 0.000946. The standard InChI is InChI=1S/C12H9Cl2N3O2/c1-6(18)7-2-3-9(8(13)4-7)19-11-5-10(14)16-12(15)17-11/h2-5H,1H3,(H2,15,16,17). The first kappa shape index (κ1) is 13.6. The van der Waals surface area contributed by atoms with Gasteiger partial charge in [0.05, 0.1) is 5.02 Å². The van der Waals surface area contributed by atoms with Gasteiger partial charge in [0.15, 0.2) is 5.78 Å². The second kappa shape index (κ2) is 5.42. The molecular weight excluding hydrogens is 289 g/mol. The monoisotopic (exact) mass is 297 g/mol. The SMILES string of the molecule is CC(=O)c1ccc(Oc2cc(Cl)nc(N)n2)c(Cl)c1. The van der Waals surface area contributed by atoms with Crippen LogP contribution in [-0.2, 0) is 0 Å². The van der Waals surface area contributed by atoms with Crippen molar-refractivity contribution >= 4 is 34.9 Å². The van der Waals surface area contributed by atoms with Gasteiger partial charge in [0, 0.05) is 11.6 Å². The van der Waals surface area contributed by atoms with Crippen LogP contribution in [0.2, 0.25) is 10.2 Å². The highest BCUT2D eigenvalue weighted by atomic mass is 35.5. The number of nitrogens with two attached hydrogens (primary N) is 1. The third kappa shape index (κ3) is 3.33. The van der Waals surface area contributed by atoms with E-state index in [0.29, 0.717) is 16.3 Å². The predicted octanol–water partition coefficient (Wildman–Crippen LogP) is 3.36. The van der Waals surface area contributed by atoms with E-state index in [0.717, 1.165) is 0 Å². The summed E-state index contributed by atoms with van der Waals surface area (Å²) >= 11 is 11.8. The van der Waals surface area contributed by atoms with Crippen molar-refractivity contribution in [3.63, 3.8) is 0 Å². The van der Waals surface area contributed by atoms with Crippen LogP contribution in [0.5, 0.6) is 11.6 Å². The van der Waals surface area contributed by atoms with Crippen LogP contribution in [0.15, 0.2) is 24.3 Å². The Morgan fingerprint density at radius 2 is 2.00 bits per heavy atom. The number of Topliss-reactive ketones (excluding diaryl/α,β-unsaturated/α-hetero) is 1. The molecule has 0 bridgehead atoms. The molecule has 2 aromatic rings. The molecule has 98 valence electrons. The molecule has 0 aliphatic rings. The number of ether oxygens (including phenoxy) is 1. The molecule has 19 heavy (non-hydrogen) atoms. The molecule has 0 fully saturated rings. The number of hydrogen-bond donors (Lipinski definition) is 1. The van der Waals surface area contributed by atoms with Crippen LogP contribution >= 0.6 is 23.2 Å². The van der Waals surface area contributed by atoms with Gasteiger partial charge in [0.25, 0.3) is 0 Å². The summed E-state index contributed by atoms with van der Waals surface area (Å²) in [6.45, 7) is 1.46. The molecule has 0 radical (unpaired) electrons. The summed E-state index contributed by atoms with van der Waals surface area (Å²) in [7, 11) is 0. The van der Waals surface area contributed by atoms with Crippen LogP contribution in [-0.4, -0.2) is 15.8 Å². The zero-order valence-corrected chi connectivity index (χ0v) is 11.4. The van der Waals surface area contributed by atoms with Crippen molar-refractivity contribution in [3.05, 3.63) is 40.0 Å². The predicted molar refractivity (Wildman–Crippen MR) is 73.0 cm³/mol. The summed E-state index contributed by atoms with van der Waals surface area (Å²) in [5, 5.41) is 0.458. The van der Waals surface area contributed by atoms with E-state index >= 15 is 0 Å². The summed E-state index contributed by atoms with van der Waals surface area (Å²) in [6.07, 6.45) is 0. The fourth-order valence-corrected chi connectivity index (χ4v) is 1.78. The maximum absolute atomic E-state index is 11.2. The van der Waals surface area contributed by atoms with Gasteiger partial charge in [-0.15, -0.1) is 0 Å². The van der Waals surface area contributed by atoms with Crippen LogP contribution in [0.4, 0.5) is 5.95 Å². The molecule has 0 aliphatic carbocycles. The number of rotatable bonds is 3. The molecule has 0 unspecified atom stereocenters. The zero-order valence-electron chi connectivity index (χ0n) is 9.85. The number of nitrogens with zero attached hydrogens (tertiary/aromatic N) is 2. The number of halogens is 2. The van der Waals surface area contributed by atoms with Crippen LogP contribution in [0.25, 0.3) is 0 Å². The molecule has 1 aromatic carbocycles. The number of anilines is 1. The summed E-state index contributed by atoms with van der Waals surface area (Å²) in [5.74, 6) is 0.442. The van der Waals surface area contributed by atoms with E-state index in [-0.39, 0.29) is 22.8 Å². The third-order valence-electron chi connectivity index (χ3n) is 2.24. The second-order valence-corrected chi connectivity index (χ2v) is 4.49. The van der Waals surface area contributed by atoms with Crippen LogP contribution in [0, 0.1) is 0 Å². The Morgan fingerprint density at radius 3 is 2.58 bits per heavy atom. The molecule has 0 atom stereocenters. The molecule has 0 aliphatic heterocycles. The Balaban J connectivity index is 2.30. The van der Waals surface area contributed by atoms with Crippen LogP contribution < -0.4 is 10.5 Å². The van der Waals surface area contributed by atoms with Gasteiger partial charge >= 0.3 is 0 Å². The van der Waals surface area contributed by atoms with E-state index in [1.165, 1.54) is 19.1 Å². The molecule has 7 heteroatoms. The minimum atomic E-state index is -0.0808. The Morgan fingerprint density at radius 1 is 1.26 bits per heavy atom. The highest BCUT2D eigenvalue weighted by Crippen LogP contribution is 2.30. The average molecular weight is 298 g/mol. The lowest BCUT2D eigenvalue weighted by molar-refractivity contribution is 0.101. The fraction of sp³-hybridized carbons (Fsp3) is 0.0833. The molecule has 0 amide bonds. The molecule has 5 nitrogen and oxygen atoms in total. The molecule has 0 saturated carbocycles. The van der Waals surface area contributed by atoms with E-state index in [4.69, 9.17) is 33.7 Å². The van der Waals surface area contributed by atoms with Crippen molar-refractivity contribution < 1.29 is 9.53 Å². The van der Waals surface area contributed by atoms with Crippen molar-refractivity contribution in [2.24, 2.45) is 0 Å². The number of carbonyl (C=O) groups excluding carboxylic acids is 1. The molecule has 2 N–H and O–H groups in total. The molecular formula is C12H9Cl2N3O2. The van der Waals surface area contributed by atoms with E-state index in [1.54, 1.807) is 12.1 Å². The number of nitrogen functional groups attached to an aromatic ring is 1. The normalized spacial score (nSPS) is 10.3. The first-order valence-corrected chi connectivity index (χ1v) is 5.99. The molecule has 2 rings (SSSR count). The lowest BCUT2D eigenvalue weighted by Crippen LogP contribution is -1.98. The van der Waals surface area contributed by atoms with Gasteiger partial charge in [0.1, 0.15) is 10.9 Å². The maximum Gasteiger partial charge on any atom is 0.225 e. The van der Waals surface area contributed by atoms with Crippen LogP contribution in [0.1, 0.15) is 17.3 Å². The lowest BCUT2D eigenvalue weighted by atomic mass is 10.1. The number of ketones is 1. The summed E-state index contributed by atoms with van der Waals surface area (Å²) < 4.78 is 5.45. The number of benzene rings is 1. The van der Waals surface area contributed by atoms with E-state index < -0.39 is 0 Å². The average Bonchev–Trinajstić information content (AvgIpc) is 2.30. The van der Waals surface area contributed by atoms with Gasteiger partial charge in [-0.25, -0.2) is 4.98 Å². The van der Waals surface area contributed by atoms with E-state index in [9.17, 15) is 4.79 Å². The van der Waals surface area contributed by atoms with Gasteiger partial charge in [-0.1, -0.05) is 23.2 Å². The van der Waals surface area contributed by atoms with Crippen molar-refractivity contribution in [2.45, 2.75) is 6.92 Å². The molecule has 0 saturated heterocycles. The van der Waals surface area contributed by atoms with Gasteiger partial charge in [-0.2, -0.15) is 4.98 Å². The Labute approximate surface area is 119 Å². The first-order valence-electron chi connectivity index (χ1n) is 5.24. The highest BCUT2D eigenvalue weighted by Gasteiger charge is 2.09. The highest BCUT2D eigenvalue weighted by molar-refractivity contribution is 6.32. The van der Waals surface area contributed by atoms with Crippen molar-refractivity contribution in [3.8, 4) is 11.6 Å². The number of carbonyl (C=O) groups is 1. The van der Waals surface area contributed by atoms with Gasteiger partial charge < -0.3 is 10.5 Å². The topological polar surface area (TPSA) is 78.1 Å². The van der Waals surface area contributed by atoms with Crippen molar-refractivity contribution in [2.75, 3.05) is 5.73 Å². The Kier molecular flexibility index (Phi) is 3.87. The quantitative estimate of drug-likeness (QED) is 0.694. The smallest absolute Gasteiger partial charge is 0.225 e. The largest absolute Gasteiger partial charge is 0.437 e. The van der Waals surface area contributed by atoms with Crippen molar-refractivity contribution in [1.29, 1.82) is 0 Å². The van der Waals surface area contributed by atoms with Gasteiger partial charge in [-0.05, 0) is 25.1 Å². The fourth-order valence-electron chi connectivity index (χ4n) is 1.38. The summed E-state index contributed by atoms with van der Waals surface area (Å²) in [6, 6.07) is 6.11. The van der Waals surface area contributed by atoms with Gasteiger partial charge in [0.2, 0.25) is 11.8 Å². The molecule has 0 spiro atoms. The first-order chi connectivity index (χ1) is 8.95. The Bertz CT molecular complexity index is 627. The van der Waals surface area contributed by atoms with Gasteiger partial charge in [-0.3, -0.25) is 4.79 Å². The Hall–Kier alpha value is -1.85. The van der Waals surface area contributed by atoms with E-state index in [2.05, 4.69) is 9.97 Å². The van der Waals surface area contributed by atoms with E-state index in [1.807, 2.05) is 0 Å². The zero-order chi connectivity index (χ0) is 14.0. The number of hydrogen-bond acceptors (Lipinski definition) is 5. The van der Waals surface area contributed by atoms with Crippen molar-refractivity contribution in [1.82, 2.24) is 9.97 Å². The number of aromatic nitrogens is 2. The lowest BCUT2D eigenvalue weighted by Gasteiger charge is -2.08. The summed E-state index contributed by atoms with van der Waals surface area (Å²) in [5.41, 5.74) is 5.95. The molecule has 1 heterocycles. The summed E-state index contributed by atoms with van der Waals surface area (Å²) in [4.78, 5) is 18.8.